The molecule has 0 spiro atoms. The van der Waals surface area contributed by atoms with Gasteiger partial charge in [0.25, 0.3) is 5.91 Å². The molecule has 3 N–H and O–H groups in total. The van der Waals surface area contributed by atoms with Crippen LogP contribution < -0.4 is 10.6 Å². The van der Waals surface area contributed by atoms with Gasteiger partial charge in [-0.05, 0) is 69.9 Å². The number of hydrogen-bond acceptors (Lipinski definition) is 7. The molecule has 1 aliphatic carbocycles. The number of rotatable bonds is 8. The van der Waals surface area contributed by atoms with Crippen LogP contribution in [0.5, 0.6) is 0 Å². The van der Waals surface area contributed by atoms with Crippen LogP contribution >= 0.6 is 0 Å². The van der Waals surface area contributed by atoms with Crippen molar-refractivity contribution in [2.24, 2.45) is 5.92 Å². The van der Waals surface area contributed by atoms with Gasteiger partial charge in [-0.3, -0.25) is 4.79 Å². The Morgan fingerprint density at radius 3 is 2.56 bits per heavy atom. The summed E-state index contributed by atoms with van der Waals surface area (Å²) in [5.74, 6) is 0.221. The number of benzene rings is 2. The number of carbonyl (C=O) groups excluding carboxylic acids is 2. The summed E-state index contributed by atoms with van der Waals surface area (Å²) in [6.07, 6.45) is 3.58. The fourth-order valence-corrected chi connectivity index (χ4v) is 5.33. The number of aromatic nitrogens is 3. The van der Waals surface area contributed by atoms with E-state index in [2.05, 4.69) is 10.6 Å². The lowest BCUT2D eigenvalue weighted by Crippen LogP contribution is -2.53. The second-order valence-electron chi connectivity index (χ2n) is 12.5. The van der Waals surface area contributed by atoms with Gasteiger partial charge in [0.2, 0.25) is 0 Å². The summed E-state index contributed by atoms with van der Waals surface area (Å²) in [7, 11) is 0. The van der Waals surface area contributed by atoms with Gasteiger partial charge in [-0.2, -0.15) is 5.10 Å². The lowest BCUT2D eigenvalue weighted by Gasteiger charge is -2.40. The lowest BCUT2D eigenvalue weighted by molar-refractivity contribution is 0.000836. The van der Waals surface area contributed by atoms with Crippen molar-refractivity contribution < 1.29 is 19.4 Å². The fourth-order valence-electron chi connectivity index (χ4n) is 5.33. The van der Waals surface area contributed by atoms with E-state index in [1.165, 1.54) is 0 Å². The molecule has 10 nitrogen and oxygen atoms in total. The molecule has 6 rings (SSSR count). The quantitative estimate of drug-likeness (QED) is 0.266. The van der Waals surface area contributed by atoms with Crippen LogP contribution in [0.2, 0.25) is 0 Å². The third-order valence-electron chi connectivity index (χ3n) is 7.80. The number of aliphatic hydroxyl groups excluding tert-OH is 1. The molecule has 4 aromatic rings. The van der Waals surface area contributed by atoms with Crippen LogP contribution in [0.1, 0.15) is 55.1 Å². The molecular weight excluding hydrogens is 544 g/mol. The zero-order valence-electron chi connectivity index (χ0n) is 25.1. The van der Waals surface area contributed by atoms with E-state index in [1.807, 2.05) is 80.7 Å². The van der Waals surface area contributed by atoms with Gasteiger partial charge in [0.05, 0.1) is 29.9 Å². The largest absolute Gasteiger partial charge is 0.444 e. The van der Waals surface area contributed by atoms with Crippen LogP contribution in [-0.4, -0.2) is 67.9 Å². The Labute approximate surface area is 251 Å². The van der Waals surface area contributed by atoms with Crippen LogP contribution in [0.4, 0.5) is 10.5 Å². The van der Waals surface area contributed by atoms with Crippen LogP contribution in [0, 0.1) is 12.8 Å². The summed E-state index contributed by atoms with van der Waals surface area (Å²) in [6.45, 7) is 9.30. The Hall–Kier alpha value is -4.44. The van der Waals surface area contributed by atoms with Crippen molar-refractivity contribution >= 4 is 23.3 Å². The van der Waals surface area contributed by atoms with E-state index in [9.17, 15) is 14.7 Å². The standard InChI is InChI=1S/C33H38N6O4/c1-20-13-22(9-12-25(20)31(41)36-24-10-11-24)29-16-35-30-28(34-15-21-17-38(18-21)32(42)43-33(2,3)4)14-27(37-39(29)30)26-8-6-5-7-23(26)19-40/h5-9,12-14,16,21,24,34,40H,10-11,15,17-19H2,1-4H3,(H,36,41). The molecule has 0 bridgehead atoms. The molecule has 2 fully saturated rings. The number of anilines is 1. The third kappa shape index (κ3) is 6.19. The highest BCUT2D eigenvalue weighted by atomic mass is 16.6. The van der Waals surface area contributed by atoms with E-state index in [0.717, 1.165) is 46.5 Å². The Bertz CT molecular complexity index is 1680. The van der Waals surface area contributed by atoms with Crippen molar-refractivity contribution in [3.8, 4) is 22.5 Å². The van der Waals surface area contributed by atoms with Crippen molar-refractivity contribution in [2.45, 2.75) is 58.8 Å². The first-order chi connectivity index (χ1) is 20.6. The molecule has 2 aromatic carbocycles. The number of nitrogens with one attached hydrogen (secondary N) is 2. The van der Waals surface area contributed by atoms with E-state index in [0.29, 0.717) is 42.6 Å². The molecule has 0 atom stereocenters. The maximum Gasteiger partial charge on any atom is 0.410 e. The third-order valence-corrected chi connectivity index (χ3v) is 7.80. The zero-order chi connectivity index (χ0) is 30.3. The number of imidazole rings is 1. The number of aryl methyl sites for hydroxylation is 1. The topological polar surface area (TPSA) is 121 Å². The number of likely N-dealkylation sites (tertiary alicyclic amines) is 1. The second kappa shape index (κ2) is 11.3. The smallest absolute Gasteiger partial charge is 0.410 e. The molecule has 224 valence electrons. The summed E-state index contributed by atoms with van der Waals surface area (Å²) in [4.78, 5) is 31.5. The summed E-state index contributed by atoms with van der Waals surface area (Å²) in [5, 5.41) is 21.6. The molecule has 3 heterocycles. The number of fused-ring (bicyclic) bond motifs is 1. The Kier molecular flexibility index (Phi) is 7.56. The number of hydrogen-bond donors (Lipinski definition) is 3. The van der Waals surface area contributed by atoms with Gasteiger partial charge in [0, 0.05) is 48.3 Å². The van der Waals surface area contributed by atoms with Gasteiger partial charge >= 0.3 is 6.09 Å². The van der Waals surface area contributed by atoms with Crippen LogP contribution in [0.15, 0.2) is 54.7 Å². The van der Waals surface area contributed by atoms with Crippen molar-refractivity contribution in [3.63, 3.8) is 0 Å². The lowest BCUT2D eigenvalue weighted by atomic mass is 10.0. The first-order valence-electron chi connectivity index (χ1n) is 14.8. The molecule has 2 aliphatic rings. The maximum absolute atomic E-state index is 12.7. The normalized spacial score (nSPS) is 15.3. The number of nitrogens with zero attached hydrogens (tertiary/aromatic N) is 4. The van der Waals surface area contributed by atoms with Gasteiger partial charge in [-0.1, -0.05) is 30.3 Å². The van der Waals surface area contributed by atoms with E-state index in [-0.39, 0.29) is 24.5 Å². The second-order valence-corrected chi connectivity index (χ2v) is 12.5. The highest BCUT2D eigenvalue weighted by Gasteiger charge is 2.33. The fraction of sp³-hybridized carbons (Fsp3) is 0.394. The Balaban J connectivity index is 1.30. The molecule has 0 radical (unpaired) electrons. The first kappa shape index (κ1) is 28.7. The average molecular weight is 583 g/mol. The van der Waals surface area contributed by atoms with Crippen molar-refractivity contribution in [2.75, 3.05) is 25.0 Å². The van der Waals surface area contributed by atoms with E-state index in [4.69, 9.17) is 14.8 Å². The van der Waals surface area contributed by atoms with Crippen molar-refractivity contribution in [1.82, 2.24) is 24.8 Å². The molecular formula is C33H38N6O4. The average Bonchev–Trinajstić information content (AvgIpc) is 3.65. The highest BCUT2D eigenvalue weighted by molar-refractivity contribution is 5.96. The summed E-state index contributed by atoms with van der Waals surface area (Å²) in [5.41, 5.74) is 6.47. The molecule has 2 amide bonds. The number of carbonyl (C=O) groups is 2. The zero-order valence-corrected chi connectivity index (χ0v) is 25.1. The number of ether oxygens (including phenoxy) is 1. The SMILES string of the molecule is Cc1cc(-c2cnc3c(NCC4CN(C(=O)OC(C)(C)C)C4)cc(-c4ccccc4CO)nn23)ccc1C(=O)NC1CC1. The summed E-state index contributed by atoms with van der Waals surface area (Å²) in [6, 6.07) is 15.7. The molecule has 0 unspecified atom stereocenters. The predicted molar refractivity (Wildman–Crippen MR) is 165 cm³/mol. The van der Waals surface area contributed by atoms with E-state index >= 15 is 0 Å². The van der Waals surface area contributed by atoms with Gasteiger partial charge in [-0.15, -0.1) is 0 Å². The van der Waals surface area contributed by atoms with E-state index in [1.54, 1.807) is 11.1 Å². The predicted octanol–water partition coefficient (Wildman–Crippen LogP) is 5.04. The van der Waals surface area contributed by atoms with E-state index < -0.39 is 5.60 Å². The molecule has 2 aromatic heterocycles. The van der Waals surface area contributed by atoms with Gasteiger partial charge in [0.15, 0.2) is 5.65 Å². The van der Waals surface area contributed by atoms with Gasteiger partial charge in [0.1, 0.15) is 5.60 Å². The number of aliphatic hydroxyl groups is 1. The van der Waals surface area contributed by atoms with Gasteiger partial charge < -0.3 is 25.4 Å². The monoisotopic (exact) mass is 582 g/mol. The molecule has 1 aliphatic heterocycles. The van der Waals surface area contributed by atoms with Gasteiger partial charge in [-0.25, -0.2) is 14.3 Å². The molecule has 43 heavy (non-hydrogen) atoms. The maximum atomic E-state index is 12.7. The highest BCUT2D eigenvalue weighted by Crippen LogP contribution is 2.31. The minimum atomic E-state index is -0.523. The van der Waals surface area contributed by atoms with Crippen molar-refractivity contribution in [1.29, 1.82) is 0 Å². The summed E-state index contributed by atoms with van der Waals surface area (Å²) >= 11 is 0. The number of amides is 2. The van der Waals surface area contributed by atoms with Crippen LogP contribution in [-0.2, 0) is 11.3 Å². The first-order valence-corrected chi connectivity index (χ1v) is 14.8. The van der Waals surface area contributed by atoms with Crippen LogP contribution in [0.3, 0.4) is 0 Å². The van der Waals surface area contributed by atoms with Crippen molar-refractivity contribution in [3.05, 3.63) is 71.4 Å². The molecule has 10 heteroatoms. The van der Waals surface area contributed by atoms with Crippen LogP contribution in [0.25, 0.3) is 28.2 Å². The minimum Gasteiger partial charge on any atom is -0.444 e. The Morgan fingerprint density at radius 1 is 1.09 bits per heavy atom. The summed E-state index contributed by atoms with van der Waals surface area (Å²) < 4.78 is 7.31. The molecule has 1 saturated heterocycles. The minimum absolute atomic E-state index is 0.0431. The Morgan fingerprint density at radius 2 is 1.86 bits per heavy atom. The molecule has 1 saturated carbocycles.